The second-order valence-electron chi connectivity index (χ2n) is 11.7. The fourth-order valence-electron chi connectivity index (χ4n) is 5.75. The maximum absolute atomic E-state index is 13.6. The molecule has 0 saturated carbocycles. The van der Waals surface area contributed by atoms with Crippen molar-refractivity contribution in [1.29, 1.82) is 0 Å². The number of benzene rings is 2. The monoisotopic (exact) mass is 623 g/mol. The molecule has 2 amide bonds. The van der Waals surface area contributed by atoms with Gasteiger partial charge in [0, 0.05) is 32.0 Å². The van der Waals surface area contributed by atoms with Crippen LogP contribution in [0.5, 0.6) is 5.75 Å². The van der Waals surface area contributed by atoms with Gasteiger partial charge in [-0.15, -0.1) is 0 Å². The van der Waals surface area contributed by atoms with E-state index in [-0.39, 0.29) is 17.7 Å². The molecular formula is C34H45N3O6S. The number of sulfonamides is 1. The van der Waals surface area contributed by atoms with E-state index in [4.69, 9.17) is 9.47 Å². The molecule has 44 heavy (non-hydrogen) atoms. The molecular weight excluding hydrogens is 578 g/mol. The van der Waals surface area contributed by atoms with E-state index in [0.29, 0.717) is 50.4 Å². The Balaban J connectivity index is 1.36. The van der Waals surface area contributed by atoms with Gasteiger partial charge in [0.1, 0.15) is 11.8 Å². The Morgan fingerprint density at radius 2 is 1.84 bits per heavy atom. The minimum Gasteiger partial charge on any atom is -0.493 e. The van der Waals surface area contributed by atoms with E-state index in [9.17, 15) is 18.0 Å². The first-order chi connectivity index (χ1) is 21.2. The maximum Gasteiger partial charge on any atom is 0.407 e. The number of nitrogens with one attached hydrogen (secondary N) is 2. The zero-order valence-corrected chi connectivity index (χ0v) is 26.8. The summed E-state index contributed by atoms with van der Waals surface area (Å²) in [7, 11) is -2.37. The van der Waals surface area contributed by atoms with E-state index in [1.54, 1.807) is 22.5 Å². The average molecular weight is 624 g/mol. The largest absolute Gasteiger partial charge is 0.493 e. The predicted octanol–water partition coefficient (Wildman–Crippen LogP) is 5.34. The lowest BCUT2D eigenvalue weighted by molar-refractivity contribution is -0.123. The molecule has 1 heterocycles. The first-order valence-corrected chi connectivity index (χ1v) is 16.9. The molecule has 0 saturated heterocycles. The predicted molar refractivity (Wildman–Crippen MR) is 171 cm³/mol. The van der Waals surface area contributed by atoms with Gasteiger partial charge in [-0.25, -0.2) is 13.2 Å². The third kappa shape index (κ3) is 8.72. The van der Waals surface area contributed by atoms with Crippen LogP contribution < -0.4 is 15.4 Å². The number of methoxy groups -OCH3 is 1. The van der Waals surface area contributed by atoms with Crippen LogP contribution in [0.15, 0.2) is 77.2 Å². The highest BCUT2D eigenvalue weighted by atomic mass is 32.2. The van der Waals surface area contributed by atoms with E-state index in [2.05, 4.69) is 16.7 Å². The molecule has 4 rings (SSSR count). The summed E-state index contributed by atoms with van der Waals surface area (Å²) in [5, 5.41) is 5.78. The average Bonchev–Trinajstić information content (AvgIpc) is 3.50. The first kappa shape index (κ1) is 33.3. The van der Waals surface area contributed by atoms with Crippen molar-refractivity contribution in [2.24, 2.45) is 5.92 Å². The molecule has 0 bridgehead atoms. The number of allylic oxidation sites excluding steroid dienone is 3. The minimum atomic E-state index is -3.65. The van der Waals surface area contributed by atoms with Gasteiger partial charge in [-0.2, -0.15) is 4.31 Å². The smallest absolute Gasteiger partial charge is 0.407 e. The lowest BCUT2D eigenvalue weighted by atomic mass is 9.81. The fourth-order valence-corrected chi connectivity index (χ4v) is 7.44. The first-order valence-electron chi connectivity index (χ1n) is 15.5. The Bertz CT molecular complexity index is 1440. The van der Waals surface area contributed by atoms with Crippen molar-refractivity contribution in [2.75, 3.05) is 33.4 Å². The van der Waals surface area contributed by atoms with Crippen LogP contribution in [0.1, 0.15) is 63.0 Å². The number of hydrogen-bond donors (Lipinski definition) is 2. The topological polar surface area (TPSA) is 114 Å². The molecule has 1 unspecified atom stereocenters. The van der Waals surface area contributed by atoms with Gasteiger partial charge in [0.05, 0.1) is 18.6 Å². The van der Waals surface area contributed by atoms with E-state index >= 15 is 0 Å². The number of unbranched alkanes of at least 4 members (excludes halogenated alkanes) is 2. The molecule has 0 fully saturated rings. The summed E-state index contributed by atoms with van der Waals surface area (Å²) in [6, 6.07) is 14.0. The van der Waals surface area contributed by atoms with Gasteiger partial charge in [0.15, 0.2) is 0 Å². The number of ether oxygens (including phenoxy) is 2. The summed E-state index contributed by atoms with van der Waals surface area (Å²) in [4.78, 5) is 26.2. The van der Waals surface area contributed by atoms with Crippen LogP contribution in [0.2, 0.25) is 0 Å². The number of hydrogen-bond acceptors (Lipinski definition) is 6. The highest BCUT2D eigenvalue weighted by Gasteiger charge is 2.34. The van der Waals surface area contributed by atoms with Crippen LogP contribution in [0, 0.1) is 5.92 Å². The molecule has 0 aromatic heterocycles. The number of carbonyl (C=O) groups is 2. The van der Waals surface area contributed by atoms with Gasteiger partial charge in [-0.3, -0.25) is 4.79 Å². The van der Waals surface area contributed by atoms with Crippen LogP contribution in [0.3, 0.4) is 0 Å². The zero-order valence-electron chi connectivity index (χ0n) is 26.0. The molecule has 1 aliphatic carbocycles. The molecule has 1 aliphatic heterocycles. The summed E-state index contributed by atoms with van der Waals surface area (Å²) in [5.74, 6) is 0.298. The summed E-state index contributed by atoms with van der Waals surface area (Å²) in [5.41, 5.74) is 2.93. The summed E-state index contributed by atoms with van der Waals surface area (Å²) < 4.78 is 39.1. The van der Waals surface area contributed by atoms with E-state index in [1.807, 2.05) is 56.3 Å². The molecule has 2 atom stereocenters. The molecule has 0 radical (unpaired) electrons. The van der Waals surface area contributed by atoms with Crippen LogP contribution in [0.25, 0.3) is 0 Å². The number of rotatable bonds is 15. The van der Waals surface area contributed by atoms with Crippen molar-refractivity contribution in [3.05, 3.63) is 83.5 Å². The highest BCUT2D eigenvalue weighted by Crippen LogP contribution is 2.33. The number of fused-ring (bicyclic) bond motifs is 1. The lowest BCUT2D eigenvalue weighted by Gasteiger charge is -2.30. The van der Waals surface area contributed by atoms with Crippen LogP contribution in [0.4, 0.5) is 4.79 Å². The number of amides is 2. The fraction of sp³-hybridized carbons (Fsp3) is 0.471. The second kappa shape index (κ2) is 15.9. The van der Waals surface area contributed by atoms with E-state index in [1.165, 1.54) is 7.11 Å². The normalized spacial score (nSPS) is 15.7. The zero-order chi connectivity index (χ0) is 31.5. The molecule has 9 nitrogen and oxygen atoms in total. The SMILES string of the molecule is COC(=O)N[C@H](C(=O)NCCCCCN(CC(C)C)S(=O)(=O)c1ccc2c(c1)CCO2)C(C1=CC=CCC1)c1ccccc1. The Labute approximate surface area is 261 Å². The van der Waals surface area contributed by atoms with Gasteiger partial charge in [0.2, 0.25) is 15.9 Å². The number of carbonyl (C=O) groups excluding carboxylic acids is 2. The van der Waals surface area contributed by atoms with Crippen molar-refractivity contribution in [2.45, 2.75) is 69.2 Å². The Morgan fingerprint density at radius 1 is 1.05 bits per heavy atom. The summed E-state index contributed by atoms with van der Waals surface area (Å²) >= 11 is 0. The standard InChI is InChI=1S/C34H45N3O6S/c1-25(2)24-37(44(40,41)29-17-18-30-28(23-29)19-22-43-30)21-12-6-11-20-35-33(38)32(36-34(39)42-3)31(26-13-7-4-8-14-26)27-15-9-5-10-16-27/h4-5,7-9,13-15,17-18,23,25,31-32H,6,10-12,16,19-22,24H2,1-3H3,(H,35,38)(H,36,39)/t31?,32-/m0/s1. The molecule has 2 N–H and O–H groups in total. The Morgan fingerprint density at radius 3 is 2.55 bits per heavy atom. The lowest BCUT2D eigenvalue weighted by Crippen LogP contribution is -2.50. The third-order valence-electron chi connectivity index (χ3n) is 7.93. The molecule has 2 aromatic rings. The van der Waals surface area contributed by atoms with Crippen LogP contribution >= 0.6 is 0 Å². The Kier molecular flexibility index (Phi) is 12.0. The second-order valence-corrected chi connectivity index (χ2v) is 13.6. The van der Waals surface area contributed by atoms with Gasteiger partial charge >= 0.3 is 6.09 Å². The summed E-state index contributed by atoms with van der Waals surface area (Å²) in [6.07, 6.45) is 9.86. The van der Waals surface area contributed by atoms with E-state index < -0.39 is 22.2 Å². The van der Waals surface area contributed by atoms with E-state index in [0.717, 1.165) is 41.7 Å². The van der Waals surface area contributed by atoms with Crippen LogP contribution in [-0.4, -0.2) is 64.1 Å². The van der Waals surface area contributed by atoms with Gasteiger partial charge in [-0.05, 0) is 60.9 Å². The summed E-state index contributed by atoms with van der Waals surface area (Å²) in [6.45, 7) is 5.82. The van der Waals surface area contributed by atoms with Gasteiger partial charge < -0.3 is 20.1 Å². The molecule has 238 valence electrons. The van der Waals surface area contributed by atoms with Crippen molar-refractivity contribution < 1.29 is 27.5 Å². The maximum atomic E-state index is 13.6. The highest BCUT2D eigenvalue weighted by molar-refractivity contribution is 7.89. The number of nitrogens with zero attached hydrogens (tertiary/aromatic N) is 1. The van der Waals surface area contributed by atoms with Gasteiger partial charge in [0.25, 0.3) is 0 Å². The Hall–Kier alpha value is -3.63. The van der Waals surface area contributed by atoms with Crippen molar-refractivity contribution in [3.8, 4) is 5.75 Å². The van der Waals surface area contributed by atoms with Crippen molar-refractivity contribution in [1.82, 2.24) is 14.9 Å². The molecule has 10 heteroatoms. The van der Waals surface area contributed by atoms with Crippen LogP contribution in [-0.2, 0) is 26.0 Å². The quantitative estimate of drug-likeness (QED) is 0.259. The molecule has 2 aliphatic rings. The third-order valence-corrected chi connectivity index (χ3v) is 9.79. The molecule has 0 spiro atoms. The number of alkyl carbamates (subject to hydrolysis) is 1. The van der Waals surface area contributed by atoms with Crippen molar-refractivity contribution in [3.63, 3.8) is 0 Å². The van der Waals surface area contributed by atoms with Gasteiger partial charge in [-0.1, -0.05) is 74.4 Å². The van der Waals surface area contributed by atoms with Crippen molar-refractivity contribution >= 4 is 22.0 Å². The minimum absolute atomic E-state index is 0.174. The molecule has 2 aromatic carbocycles.